The summed E-state index contributed by atoms with van der Waals surface area (Å²) in [6, 6.07) is 24.8. The molecule has 0 fully saturated rings. The number of rotatable bonds is 6. The molecule has 2 heterocycles. The largest absolute Gasteiger partial charge is 0.465 e. The van der Waals surface area contributed by atoms with E-state index in [4.69, 9.17) is 4.42 Å². The number of aryl methyl sites for hydroxylation is 2. The molecule has 2 amide bonds. The number of furan rings is 1. The Morgan fingerprint density at radius 1 is 0.914 bits per heavy atom. The maximum atomic E-state index is 13.3. The van der Waals surface area contributed by atoms with E-state index in [-0.39, 0.29) is 11.6 Å². The van der Waals surface area contributed by atoms with Gasteiger partial charge < -0.3 is 19.6 Å². The molecule has 0 radical (unpaired) electrons. The number of hydrogen-bond acceptors (Lipinski definition) is 3. The van der Waals surface area contributed by atoms with Crippen molar-refractivity contribution in [3.05, 3.63) is 108 Å². The second kappa shape index (κ2) is 9.35. The van der Waals surface area contributed by atoms with E-state index in [1.807, 2.05) is 49.4 Å². The minimum Gasteiger partial charge on any atom is -0.465 e. The molecule has 174 valence electrons. The molecule has 0 spiro atoms. The van der Waals surface area contributed by atoms with Crippen LogP contribution in [-0.4, -0.2) is 16.4 Å². The van der Waals surface area contributed by atoms with Crippen molar-refractivity contribution in [1.29, 1.82) is 0 Å². The van der Waals surface area contributed by atoms with Crippen LogP contribution >= 0.6 is 0 Å². The maximum absolute atomic E-state index is 13.3. The van der Waals surface area contributed by atoms with Gasteiger partial charge in [0, 0.05) is 45.7 Å². The molecule has 0 bridgehead atoms. The molecule has 0 atom stereocenters. The number of para-hydroxylation sites is 1. The van der Waals surface area contributed by atoms with Crippen LogP contribution in [0.25, 0.3) is 27.9 Å². The first-order chi connectivity index (χ1) is 17.0. The molecule has 0 saturated heterocycles. The molecule has 2 aromatic heterocycles. The Bertz CT molecular complexity index is 1580. The highest BCUT2D eigenvalue weighted by Crippen LogP contribution is 2.31. The van der Waals surface area contributed by atoms with E-state index in [1.165, 1.54) is 12.3 Å². The lowest BCUT2D eigenvalue weighted by molar-refractivity contribution is -0.113. The van der Waals surface area contributed by atoms with Gasteiger partial charge in [0.2, 0.25) is 0 Å². The van der Waals surface area contributed by atoms with Crippen LogP contribution < -0.4 is 10.6 Å². The fraction of sp³-hybridized carbons (Fsp3) is 0.103. The fourth-order valence-corrected chi connectivity index (χ4v) is 4.36. The predicted octanol–water partition coefficient (Wildman–Crippen LogP) is 6.13. The molecule has 5 aromatic rings. The second-order valence-corrected chi connectivity index (χ2v) is 8.29. The SMILES string of the molecule is CCn1c2ccccc2c2cc(NC(=O)/C(=C/c3ccco3)NC(=O)c3ccccc3C)ccc21. The molecule has 5 rings (SSSR count). The van der Waals surface area contributed by atoms with Gasteiger partial charge in [-0.1, -0.05) is 36.4 Å². The van der Waals surface area contributed by atoms with Gasteiger partial charge in [0.25, 0.3) is 11.8 Å². The number of benzene rings is 3. The van der Waals surface area contributed by atoms with Gasteiger partial charge in [-0.3, -0.25) is 9.59 Å². The minimum atomic E-state index is -0.443. The molecule has 0 aliphatic rings. The minimum absolute atomic E-state index is 0.0873. The number of nitrogens with one attached hydrogen (secondary N) is 2. The van der Waals surface area contributed by atoms with Crippen molar-refractivity contribution in [2.45, 2.75) is 20.4 Å². The Labute approximate surface area is 202 Å². The third kappa shape index (κ3) is 4.34. The van der Waals surface area contributed by atoms with Gasteiger partial charge in [0.15, 0.2) is 0 Å². The van der Waals surface area contributed by atoms with Crippen LogP contribution in [0.2, 0.25) is 0 Å². The van der Waals surface area contributed by atoms with E-state index in [9.17, 15) is 9.59 Å². The van der Waals surface area contributed by atoms with Crippen molar-refractivity contribution in [3.63, 3.8) is 0 Å². The molecule has 0 unspecified atom stereocenters. The molecular weight excluding hydrogens is 438 g/mol. The van der Waals surface area contributed by atoms with Gasteiger partial charge in [0.1, 0.15) is 11.5 Å². The molecule has 35 heavy (non-hydrogen) atoms. The summed E-state index contributed by atoms with van der Waals surface area (Å²) in [5.74, 6) is -0.346. The lowest BCUT2D eigenvalue weighted by Crippen LogP contribution is -2.31. The maximum Gasteiger partial charge on any atom is 0.272 e. The van der Waals surface area contributed by atoms with E-state index in [2.05, 4.69) is 34.3 Å². The van der Waals surface area contributed by atoms with Crippen LogP contribution in [0.5, 0.6) is 0 Å². The molecule has 0 aliphatic carbocycles. The summed E-state index contributed by atoms with van der Waals surface area (Å²) in [6.45, 7) is 4.81. The van der Waals surface area contributed by atoms with Crippen molar-refractivity contribution in [2.75, 3.05) is 5.32 Å². The van der Waals surface area contributed by atoms with Crippen LogP contribution in [0.15, 0.2) is 95.2 Å². The number of carbonyl (C=O) groups excluding carboxylic acids is 2. The first kappa shape index (κ1) is 22.2. The molecular formula is C29H25N3O3. The van der Waals surface area contributed by atoms with Gasteiger partial charge in [-0.2, -0.15) is 0 Å². The van der Waals surface area contributed by atoms with Crippen molar-refractivity contribution in [1.82, 2.24) is 9.88 Å². The highest BCUT2D eigenvalue weighted by molar-refractivity contribution is 6.13. The standard InChI is InChI=1S/C29H25N3O3/c1-3-32-26-13-7-6-12-23(26)24-17-20(14-15-27(24)32)30-29(34)25(18-21-10-8-16-35-21)31-28(33)22-11-5-4-9-19(22)2/h4-18H,3H2,1-2H3,(H,30,34)(H,31,33)/b25-18-. The van der Waals surface area contributed by atoms with Crippen molar-refractivity contribution in [3.8, 4) is 0 Å². The summed E-state index contributed by atoms with van der Waals surface area (Å²) in [6.07, 6.45) is 3.04. The Kier molecular flexibility index (Phi) is 5.94. The normalized spacial score (nSPS) is 11.7. The Balaban J connectivity index is 1.48. The highest BCUT2D eigenvalue weighted by Gasteiger charge is 2.18. The lowest BCUT2D eigenvalue weighted by atomic mass is 10.1. The van der Waals surface area contributed by atoms with Crippen molar-refractivity contribution >= 4 is 45.4 Å². The third-order valence-electron chi connectivity index (χ3n) is 6.06. The third-order valence-corrected chi connectivity index (χ3v) is 6.06. The number of fused-ring (bicyclic) bond motifs is 3. The van der Waals surface area contributed by atoms with Gasteiger partial charge in [0.05, 0.1) is 6.26 Å². The summed E-state index contributed by atoms with van der Waals surface area (Å²) >= 11 is 0. The lowest BCUT2D eigenvalue weighted by Gasteiger charge is -2.12. The van der Waals surface area contributed by atoms with Crippen LogP contribution in [0, 0.1) is 6.92 Å². The van der Waals surface area contributed by atoms with Crippen LogP contribution in [0.1, 0.15) is 28.6 Å². The summed E-state index contributed by atoms with van der Waals surface area (Å²) < 4.78 is 7.64. The quantitative estimate of drug-likeness (QED) is 0.298. The molecule has 6 nitrogen and oxygen atoms in total. The van der Waals surface area contributed by atoms with E-state index in [0.29, 0.717) is 17.0 Å². The summed E-state index contributed by atoms with van der Waals surface area (Å²) in [5.41, 5.74) is 4.30. The van der Waals surface area contributed by atoms with Crippen molar-refractivity contribution < 1.29 is 14.0 Å². The Morgan fingerprint density at radius 3 is 2.46 bits per heavy atom. The van der Waals surface area contributed by atoms with Gasteiger partial charge in [-0.25, -0.2) is 0 Å². The summed E-state index contributed by atoms with van der Waals surface area (Å²) in [4.78, 5) is 26.3. The van der Waals surface area contributed by atoms with E-state index in [1.54, 1.807) is 24.3 Å². The van der Waals surface area contributed by atoms with Crippen LogP contribution in [0.3, 0.4) is 0 Å². The van der Waals surface area contributed by atoms with Gasteiger partial charge in [-0.15, -0.1) is 0 Å². The zero-order valence-electron chi connectivity index (χ0n) is 19.5. The smallest absolute Gasteiger partial charge is 0.272 e. The fourth-order valence-electron chi connectivity index (χ4n) is 4.36. The molecule has 2 N–H and O–H groups in total. The second-order valence-electron chi connectivity index (χ2n) is 8.29. The predicted molar refractivity (Wildman–Crippen MR) is 139 cm³/mol. The summed E-state index contributed by atoms with van der Waals surface area (Å²) in [7, 11) is 0. The highest BCUT2D eigenvalue weighted by atomic mass is 16.3. The van der Waals surface area contributed by atoms with E-state index < -0.39 is 5.91 Å². The first-order valence-electron chi connectivity index (χ1n) is 11.5. The molecule has 0 saturated carbocycles. The van der Waals surface area contributed by atoms with E-state index >= 15 is 0 Å². The number of hydrogen-bond donors (Lipinski definition) is 2. The number of nitrogens with zero attached hydrogens (tertiary/aromatic N) is 1. The number of aromatic nitrogens is 1. The molecule has 0 aliphatic heterocycles. The molecule has 3 aromatic carbocycles. The first-order valence-corrected chi connectivity index (χ1v) is 11.5. The van der Waals surface area contributed by atoms with Crippen molar-refractivity contribution in [2.24, 2.45) is 0 Å². The number of amides is 2. The topological polar surface area (TPSA) is 76.3 Å². The van der Waals surface area contributed by atoms with Crippen LogP contribution in [0.4, 0.5) is 5.69 Å². The average molecular weight is 464 g/mol. The number of carbonyl (C=O) groups is 2. The molecule has 6 heteroatoms. The Morgan fingerprint density at radius 2 is 1.69 bits per heavy atom. The van der Waals surface area contributed by atoms with E-state index in [0.717, 1.165) is 33.9 Å². The zero-order chi connectivity index (χ0) is 24.4. The van der Waals surface area contributed by atoms with Gasteiger partial charge in [-0.05, 0) is 61.9 Å². The van der Waals surface area contributed by atoms with Crippen LogP contribution in [-0.2, 0) is 11.3 Å². The average Bonchev–Trinajstić information content (AvgIpc) is 3.49. The monoisotopic (exact) mass is 463 g/mol. The zero-order valence-corrected chi connectivity index (χ0v) is 19.5. The van der Waals surface area contributed by atoms with Gasteiger partial charge >= 0.3 is 0 Å². The number of anilines is 1. The summed E-state index contributed by atoms with van der Waals surface area (Å²) in [5, 5.41) is 7.88. The Hall–Kier alpha value is -4.58.